The molecule has 0 spiro atoms. The predicted molar refractivity (Wildman–Crippen MR) is 386 cm³/mol. The van der Waals surface area contributed by atoms with E-state index in [0.717, 1.165) is 44.8 Å². The van der Waals surface area contributed by atoms with Crippen LogP contribution >= 0.6 is 0 Å². The first-order chi connectivity index (χ1) is 41.2. The summed E-state index contributed by atoms with van der Waals surface area (Å²) in [6.07, 6.45) is 0. The van der Waals surface area contributed by atoms with Crippen molar-refractivity contribution in [3.8, 4) is 22.3 Å². The maximum atomic E-state index is 5.98. The molecule has 4 aromatic carbocycles. The Kier molecular flexibility index (Phi) is 19.0. The molecule has 0 saturated heterocycles. The fourth-order valence-electron chi connectivity index (χ4n) is 14.3. The van der Waals surface area contributed by atoms with Gasteiger partial charge < -0.3 is 9.97 Å². The number of hydrogen-bond acceptors (Lipinski definition) is 2. The molecule has 5 heterocycles. The Bertz CT molecular complexity index is 3960. The number of hydrogen-bond donors (Lipinski definition) is 2. The second kappa shape index (κ2) is 25.4. The Hall–Kier alpha value is -6.52. The van der Waals surface area contributed by atoms with Crippen LogP contribution in [0.15, 0.2) is 72.8 Å². The zero-order chi connectivity index (χ0) is 64.7. The van der Waals surface area contributed by atoms with Crippen molar-refractivity contribution >= 4 is 44.4 Å². The van der Waals surface area contributed by atoms with Crippen molar-refractivity contribution in [3.05, 3.63) is 185 Å². The molecule has 2 aliphatic rings. The number of aromatic nitrogens is 4. The van der Waals surface area contributed by atoms with Gasteiger partial charge in [0.1, 0.15) is 0 Å². The minimum atomic E-state index is 0.278. The Morgan fingerprint density at radius 3 is 0.727 bits per heavy atom. The third kappa shape index (κ3) is 12.1. The summed E-state index contributed by atoms with van der Waals surface area (Å²) in [5.74, 6) is 3.85. The van der Waals surface area contributed by atoms with Gasteiger partial charge in [-0.1, -0.05) is 215 Å². The summed E-state index contributed by atoms with van der Waals surface area (Å²) in [5, 5.41) is 0. The number of nitrogens with zero attached hydrogens (tertiary/aromatic N) is 2. The van der Waals surface area contributed by atoms with Crippen LogP contribution < -0.4 is 0 Å². The highest BCUT2D eigenvalue weighted by Crippen LogP contribution is 2.50. The van der Waals surface area contributed by atoms with Crippen LogP contribution in [0.2, 0.25) is 0 Å². The zero-order valence-corrected chi connectivity index (χ0v) is 59.8. The minimum Gasteiger partial charge on any atom is -0.355 e. The van der Waals surface area contributed by atoms with Crippen LogP contribution in [0.1, 0.15) is 363 Å². The summed E-state index contributed by atoms with van der Waals surface area (Å²) < 4.78 is 0. The summed E-state index contributed by atoms with van der Waals surface area (Å²) in [6.45, 7) is 66.2. The smallest absolute Gasteiger partial charge is 0.0740 e. The molecule has 0 amide bonds. The molecule has 9 rings (SSSR count). The molecule has 4 heteroatoms. The van der Waals surface area contributed by atoms with Crippen LogP contribution in [0.5, 0.6) is 0 Å². The highest BCUT2D eigenvalue weighted by Gasteiger charge is 2.32. The first kappa shape index (κ1) is 65.9. The van der Waals surface area contributed by atoms with Gasteiger partial charge in [0.2, 0.25) is 0 Å². The third-order valence-corrected chi connectivity index (χ3v) is 19.8. The molecular formula is C84H110N4. The van der Waals surface area contributed by atoms with Crippen LogP contribution in [0.25, 0.3) is 66.6 Å². The molecule has 0 aliphatic carbocycles. The third-order valence-electron chi connectivity index (χ3n) is 19.8. The molecule has 2 N–H and O–H groups in total. The summed E-state index contributed by atoms with van der Waals surface area (Å²) in [6, 6.07) is 29.8. The highest BCUT2D eigenvalue weighted by molar-refractivity contribution is 6.06. The highest BCUT2D eigenvalue weighted by atomic mass is 14.8. The van der Waals surface area contributed by atoms with Crippen LogP contribution in [-0.4, -0.2) is 19.9 Å². The first-order valence-corrected chi connectivity index (χ1v) is 34.1. The number of H-pyrrole nitrogens is 2. The number of benzene rings is 4. The van der Waals surface area contributed by atoms with Gasteiger partial charge in [-0.25, -0.2) is 9.97 Å². The molecule has 8 bridgehead atoms. The molecule has 3 aromatic heterocycles. The second-order valence-corrected chi connectivity index (χ2v) is 30.4. The Balaban J connectivity index is 1.60. The monoisotopic (exact) mass is 1170 g/mol. The van der Waals surface area contributed by atoms with Crippen molar-refractivity contribution in [1.82, 2.24) is 19.9 Å². The van der Waals surface area contributed by atoms with Gasteiger partial charge in [-0.3, -0.25) is 0 Å². The fraction of sp³-hybridized carbons (Fsp3) is 0.476. The van der Waals surface area contributed by atoms with E-state index in [9.17, 15) is 0 Å². The molecule has 0 unspecified atom stereocenters. The van der Waals surface area contributed by atoms with E-state index in [4.69, 9.17) is 9.97 Å². The molecule has 466 valence electrons. The SMILES string of the molecule is CC1=C(c2c(C(C)C)cc(C(C)C)cc2C(C)C)c2cc3nc(cc4[nH]c(cc5[nH]c(cc1n2)c(-c1c(C(C)C)cc(C(C)C)cc1C(C)C)c5C)c(-c1c(C(C)C)cc(C(C)C)cc1C(C)C)c4C)C(c1c(C(C)C)cc(C(C)C)cc1C(C)C)=C3C. The maximum Gasteiger partial charge on any atom is 0.0740 e. The van der Waals surface area contributed by atoms with Crippen LogP contribution in [0, 0.1) is 13.8 Å². The molecule has 0 atom stereocenters. The van der Waals surface area contributed by atoms with Gasteiger partial charge in [0.15, 0.2) is 0 Å². The van der Waals surface area contributed by atoms with E-state index in [-0.39, 0.29) is 35.5 Å². The largest absolute Gasteiger partial charge is 0.355 e. The molecule has 88 heavy (non-hydrogen) atoms. The van der Waals surface area contributed by atoms with Gasteiger partial charge in [-0.05, 0) is 234 Å². The molecule has 4 nitrogen and oxygen atoms in total. The zero-order valence-electron chi connectivity index (χ0n) is 59.8. The maximum absolute atomic E-state index is 5.98. The Morgan fingerprint density at radius 1 is 0.227 bits per heavy atom. The van der Waals surface area contributed by atoms with Crippen LogP contribution in [0.3, 0.4) is 0 Å². The quantitative estimate of drug-likeness (QED) is 0.101. The summed E-state index contributed by atoms with van der Waals surface area (Å²) >= 11 is 0. The van der Waals surface area contributed by atoms with Gasteiger partial charge >= 0.3 is 0 Å². The van der Waals surface area contributed by atoms with Gasteiger partial charge in [-0.15, -0.1) is 0 Å². The number of aryl methyl sites for hydroxylation is 2. The van der Waals surface area contributed by atoms with Crippen molar-refractivity contribution in [2.45, 2.75) is 265 Å². The number of fused-ring (bicyclic) bond motifs is 8. The van der Waals surface area contributed by atoms with Gasteiger partial charge in [0, 0.05) is 44.3 Å². The lowest BCUT2D eigenvalue weighted by Gasteiger charge is -2.24. The molecule has 0 saturated carbocycles. The minimum absolute atomic E-state index is 0.278. The average molecular weight is 1180 g/mol. The van der Waals surface area contributed by atoms with E-state index in [2.05, 4.69) is 277 Å². The van der Waals surface area contributed by atoms with Crippen molar-refractivity contribution in [3.63, 3.8) is 0 Å². The van der Waals surface area contributed by atoms with E-state index >= 15 is 0 Å². The standard InChI is InChI=1S/C84H110N4/c1-41(2)57-29-61(45(9)10)81(62(30-57)46(11)12)77-53(25)69-38-74-79(83-65(49(17)18)33-59(43(5)6)34-66(83)50(19)20)55(27)71(87-74)40-76-80(84-67(51(21)22)35-60(44(7)8)36-68(84)52(23)24)56(28)72(88-76)39-75-78(54(26)70(86-75)37-73(77)85-69)82-63(47(13)14)31-58(42(3)4)32-64(82)48(15)16/h29-52,85-86H,1-28H3. The van der Waals surface area contributed by atoms with Gasteiger partial charge in [-0.2, -0.15) is 0 Å². The normalized spacial score (nSPS) is 13.5. The topological polar surface area (TPSA) is 57.4 Å². The van der Waals surface area contributed by atoms with Crippen molar-refractivity contribution in [1.29, 1.82) is 0 Å². The first-order valence-electron chi connectivity index (χ1n) is 34.1. The molecule has 0 fully saturated rings. The van der Waals surface area contributed by atoms with E-state index < -0.39 is 0 Å². The Labute approximate surface area is 533 Å². The van der Waals surface area contributed by atoms with Crippen molar-refractivity contribution < 1.29 is 0 Å². The van der Waals surface area contributed by atoms with Crippen molar-refractivity contribution in [2.75, 3.05) is 0 Å². The van der Waals surface area contributed by atoms with Gasteiger partial charge in [0.05, 0.1) is 22.8 Å². The van der Waals surface area contributed by atoms with Gasteiger partial charge in [0.25, 0.3) is 0 Å². The number of rotatable bonds is 16. The number of aromatic amines is 2. The van der Waals surface area contributed by atoms with E-state index in [0.29, 0.717) is 35.5 Å². The predicted octanol–water partition coefficient (Wildman–Crippen LogP) is 25.7. The van der Waals surface area contributed by atoms with Crippen molar-refractivity contribution in [2.24, 2.45) is 0 Å². The summed E-state index contributed by atoms with van der Waals surface area (Å²) in [5.41, 5.74) is 40.1. The second-order valence-electron chi connectivity index (χ2n) is 30.4. The number of allylic oxidation sites excluding steroid dienone is 2. The summed E-state index contributed by atoms with van der Waals surface area (Å²) in [7, 11) is 0. The molecule has 0 radical (unpaired) electrons. The molecule has 7 aromatic rings. The van der Waals surface area contributed by atoms with Crippen LogP contribution in [0.4, 0.5) is 0 Å². The fourth-order valence-corrected chi connectivity index (χ4v) is 14.3. The average Bonchev–Trinajstić information content (AvgIpc) is 1.65. The number of nitrogens with one attached hydrogen (secondary N) is 2. The van der Waals surface area contributed by atoms with E-state index in [1.54, 1.807) is 0 Å². The Morgan fingerprint density at radius 2 is 0.455 bits per heavy atom. The van der Waals surface area contributed by atoms with Crippen LogP contribution in [-0.2, 0) is 0 Å². The lowest BCUT2D eigenvalue weighted by atomic mass is 9.79. The molecular weight excluding hydrogens is 1060 g/mol. The summed E-state index contributed by atoms with van der Waals surface area (Å²) in [4.78, 5) is 20.4. The van der Waals surface area contributed by atoms with E-state index in [1.165, 1.54) is 134 Å². The lowest BCUT2D eigenvalue weighted by molar-refractivity contribution is 0.799. The molecule has 2 aliphatic heterocycles. The lowest BCUT2D eigenvalue weighted by Crippen LogP contribution is -2.07. The van der Waals surface area contributed by atoms with E-state index in [1.807, 2.05) is 0 Å².